The summed E-state index contributed by atoms with van der Waals surface area (Å²) in [5.74, 6) is -1.38. The highest BCUT2D eigenvalue weighted by atomic mass is 16.2. The summed E-state index contributed by atoms with van der Waals surface area (Å²) in [6.07, 6.45) is 6.02. The number of urea groups is 1. The van der Waals surface area contributed by atoms with Gasteiger partial charge in [-0.25, -0.2) is 14.8 Å². The number of aromatic nitrogens is 2. The summed E-state index contributed by atoms with van der Waals surface area (Å²) in [5, 5.41) is 3.02. The Morgan fingerprint density at radius 3 is 2.86 bits per heavy atom. The van der Waals surface area contributed by atoms with Gasteiger partial charge in [-0.3, -0.25) is 23.9 Å². The Labute approximate surface area is 164 Å². The van der Waals surface area contributed by atoms with E-state index in [0.717, 1.165) is 4.90 Å². The lowest BCUT2D eigenvalue weighted by atomic mass is 10.0. The molecule has 0 bridgehead atoms. The van der Waals surface area contributed by atoms with Gasteiger partial charge < -0.3 is 5.32 Å². The molecule has 4 rings (SSSR count). The van der Waals surface area contributed by atoms with Crippen LogP contribution in [0, 0.1) is 5.92 Å². The lowest BCUT2D eigenvalue weighted by Crippen LogP contribution is -2.49. The molecule has 1 aromatic heterocycles. The molecule has 0 aliphatic carbocycles. The lowest BCUT2D eigenvalue weighted by molar-refractivity contribution is -0.130. The fourth-order valence-corrected chi connectivity index (χ4v) is 3.10. The van der Waals surface area contributed by atoms with Crippen molar-refractivity contribution in [2.24, 2.45) is 15.9 Å². The van der Waals surface area contributed by atoms with E-state index in [4.69, 9.17) is 0 Å². The molecule has 2 aliphatic rings. The summed E-state index contributed by atoms with van der Waals surface area (Å²) in [5.41, 5.74) is 0.232. The average molecular weight is 392 g/mol. The third-order valence-electron chi connectivity index (χ3n) is 4.55. The van der Waals surface area contributed by atoms with Gasteiger partial charge in [-0.2, -0.15) is 4.99 Å². The number of benzene rings is 1. The molecule has 1 N–H and O–H groups in total. The molecule has 1 unspecified atom stereocenters. The van der Waals surface area contributed by atoms with Crippen LogP contribution in [0.1, 0.15) is 0 Å². The first-order valence-corrected chi connectivity index (χ1v) is 8.90. The molecule has 1 atom stereocenters. The lowest BCUT2D eigenvalue weighted by Gasteiger charge is -2.27. The van der Waals surface area contributed by atoms with Crippen LogP contribution in [0.4, 0.5) is 4.79 Å². The van der Waals surface area contributed by atoms with Crippen LogP contribution in [0.5, 0.6) is 0 Å². The predicted octanol–water partition coefficient (Wildman–Crippen LogP) is 0.130. The molecule has 1 aromatic carbocycles. The monoisotopic (exact) mass is 392 g/mol. The van der Waals surface area contributed by atoms with Gasteiger partial charge in [0.15, 0.2) is 0 Å². The molecule has 0 fully saturated rings. The van der Waals surface area contributed by atoms with Crippen molar-refractivity contribution in [1.29, 1.82) is 0 Å². The van der Waals surface area contributed by atoms with Gasteiger partial charge in [-0.15, -0.1) is 0 Å². The maximum atomic E-state index is 12.4. The van der Waals surface area contributed by atoms with E-state index in [1.54, 1.807) is 36.4 Å². The number of aliphatic imine (C=N–C) groups is 2. The molecule has 3 heterocycles. The number of nitrogens with zero attached hydrogens (tertiary/aromatic N) is 5. The average Bonchev–Trinajstić information content (AvgIpc) is 2.73. The normalized spacial score (nSPS) is 18.0. The summed E-state index contributed by atoms with van der Waals surface area (Å²) in [4.78, 5) is 62.0. The molecule has 10 heteroatoms. The van der Waals surface area contributed by atoms with Crippen LogP contribution in [-0.4, -0.2) is 57.4 Å². The van der Waals surface area contributed by atoms with Crippen LogP contribution in [-0.2, 0) is 16.1 Å². The summed E-state index contributed by atoms with van der Waals surface area (Å²) < 4.78 is 1.20. The van der Waals surface area contributed by atoms with Gasteiger partial charge in [0.1, 0.15) is 18.3 Å². The van der Waals surface area contributed by atoms with E-state index in [-0.39, 0.29) is 31.0 Å². The number of rotatable bonds is 5. The van der Waals surface area contributed by atoms with E-state index in [2.05, 4.69) is 20.3 Å². The second-order valence-electron chi connectivity index (χ2n) is 6.43. The zero-order valence-electron chi connectivity index (χ0n) is 15.2. The Bertz CT molecular complexity index is 1160. The van der Waals surface area contributed by atoms with E-state index < -0.39 is 23.8 Å². The first-order valence-electron chi connectivity index (χ1n) is 8.90. The molecule has 0 spiro atoms. The van der Waals surface area contributed by atoms with Gasteiger partial charge in [-0.1, -0.05) is 18.2 Å². The smallest absolute Gasteiger partial charge is 0.352 e. The van der Waals surface area contributed by atoms with Crippen LogP contribution in [0.2, 0.25) is 0 Å². The number of fused-ring (bicyclic) bond motifs is 2. The van der Waals surface area contributed by atoms with E-state index in [9.17, 15) is 19.2 Å². The van der Waals surface area contributed by atoms with Crippen LogP contribution in [0.25, 0.3) is 10.9 Å². The van der Waals surface area contributed by atoms with Gasteiger partial charge in [0.2, 0.25) is 11.8 Å². The van der Waals surface area contributed by atoms with Gasteiger partial charge in [0.25, 0.3) is 5.56 Å². The Morgan fingerprint density at radius 1 is 1.17 bits per heavy atom. The molecule has 29 heavy (non-hydrogen) atoms. The van der Waals surface area contributed by atoms with E-state index >= 15 is 0 Å². The van der Waals surface area contributed by atoms with Crippen molar-refractivity contribution >= 4 is 40.8 Å². The Morgan fingerprint density at radius 2 is 2.00 bits per heavy atom. The third kappa shape index (κ3) is 3.59. The Hall–Kier alpha value is -3.95. The number of para-hydroxylation sites is 1. The van der Waals surface area contributed by atoms with Gasteiger partial charge in [-0.05, 0) is 18.2 Å². The van der Waals surface area contributed by atoms with Crippen LogP contribution in [0.3, 0.4) is 0 Å². The van der Waals surface area contributed by atoms with Crippen molar-refractivity contribution in [3.63, 3.8) is 0 Å². The molecule has 10 nitrogen and oxygen atoms in total. The minimum Gasteiger partial charge on any atom is -0.353 e. The minimum atomic E-state index is -0.710. The van der Waals surface area contributed by atoms with Crippen molar-refractivity contribution in [3.8, 4) is 0 Å². The fourth-order valence-electron chi connectivity index (χ4n) is 3.10. The van der Waals surface area contributed by atoms with Crippen molar-refractivity contribution in [1.82, 2.24) is 19.8 Å². The first-order chi connectivity index (χ1) is 14.0. The number of carbonyl (C=O) groups is 3. The standard InChI is InChI=1S/C19H16N6O4/c26-15(10-24-11-22-14-6-2-1-4-12(14)17(24)27)20-8-9-25-18(28)13-5-3-7-21-16(13)23-19(25)29/h1-7,11,13H,8-10H2,(H,20,26). The third-order valence-corrected chi connectivity index (χ3v) is 4.55. The highest BCUT2D eigenvalue weighted by Gasteiger charge is 2.36. The maximum absolute atomic E-state index is 12.4. The number of allylic oxidation sites excluding steroid dienone is 1. The summed E-state index contributed by atoms with van der Waals surface area (Å²) >= 11 is 0. The van der Waals surface area contributed by atoms with Crippen LogP contribution >= 0.6 is 0 Å². The van der Waals surface area contributed by atoms with E-state index in [0.29, 0.717) is 10.9 Å². The zero-order chi connectivity index (χ0) is 20.4. The predicted molar refractivity (Wildman–Crippen MR) is 105 cm³/mol. The second kappa shape index (κ2) is 7.58. The summed E-state index contributed by atoms with van der Waals surface area (Å²) in [6, 6.07) is 6.15. The highest BCUT2D eigenvalue weighted by molar-refractivity contribution is 6.19. The molecule has 2 aliphatic heterocycles. The number of nitrogens with one attached hydrogen (secondary N) is 1. The first kappa shape index (κ1) is 18.4. The Kier molecular flexibility index (Phi) is 4.82. The van der Waals surface area contributed by atoms with Gasteiger partial charge >= 0.3 is 6.03 Å². The fraction of sp³-hybridized carbons (Fsp3) is 0.211. The molecular formula is C19H16N6O4. The molecule has 146 valence electrons. The largest absolute Gasteiger partial charge is 0.353 e. The maximum Gasteiger partial charge on any atom is 0.352 e. The van der Waals surface area contributed by atoms with Gasteiger partial charge in [0, 0.05) is 19.3 Å². The van der Waals surface area contributed by atoms with Crippen molar-refractivity contribution in [2.75, 3.05) is 13.1 Å². The van der Waals surface area contributed by atoms with Crippen molar-refractivity contribution in [3.05, 3.63) is 53.1 Å². The number of hydrogen-bond donors (Lipinski definition) is 1. The quantitative estimate of drug-likeness (QED) is 0.774. The minimum absolute atomic E-state index is 0.0287. The van der Waals surface area contributed by atoms with Crippen LogP contribution < -0.4 is 10.9 Å². The topological polar surface area (TPSA) is 126 Å². The van der Waals surface area contributed by atoms with Crippen molar-refractivity contribution in [2.45, 2.75) is 6.54 Å². The van der Waals surface area contributed by atoms with Crippen LogP contribution in [0.15, 0.2) is 57.5 Å². The number of dihydropyridines is 1. The Balaban J connectivity index is 1.37. The SMILES string of the molecule is O=C(Cn1cnc2ccccc2c1=O)NCCN1C(=O)N=C2N=CC=CC2C1=O. The zero-order valence-corrected chi connectivity index (χ0v) is 15.2. The van der Waals surface area contributed by atoms with E-state index in [1.807, 2.05) is 0 Å². The number of carbonyl (C=O) groups excluding carboxylic acids is 3. The molecule has 0 saturated carbocycles. The number of imide groups is 1. The summed E-state index contributed by atoms with van der Waals surface area (Å²) in [7, 11) is 0. The van der Waals surface area contributed by atoms with Crippen molar-refractivity contribution < 1.29 is 14.4 Å². The summed E-state index contributed by atoms with van der Waals surface area (Å²) in [6.45, 7) is -0.212. The highest BCUT2D eigenvalue weighted by Crippen LogP contribution is 2.18. The number of amidine groups is 1. The molecule has 0 saturated heterocycles. The second-order valence-corrected chi connectivity index (χ2v) is 6.43. The molecule has 4 amide bonds. The van der Waals surface area contributed by atoms with Gasteiger partial charge in [0.05, 0.1) is 17.2 Å². The molecular weight excluding hydrogens is 376 g/mol. The number of hydrogen-bond acceptors (Lipinski definition) is 6. The molecule has 2 aromatic rings. The molecule has 0 radical (unpaired) electrons. The number of amides is 4. The van der Waals surface area contributed by atoms with E-state index in [1.165, 1.54) is 17.1 Å².